The van der Waals surface area contributed by atoms with E-state index in [0.717, 1.165) is 18.6 Å². The van der Waals surface area contributed by atoms with E-state index in [1.54, 1.807) is 0 Å². The fourth-order valence-corrected chi connectivity index (χ4v) is 6.82. The molecule has 1 saturated heterocycles. The fourth-order valence-electron chi connectivity index (χ4n) is 3.09. The zero-order valence-electron chi connectivity index (χ0n) is 12.4. The van der Waals surface area contributed by atoms with Crippen molar-refractivity contribution in [1.29, 1.82) is 0 Å². The van der Waals surface area contributed by atoms with Gasteiger partial charge in [-0.3, -0.25) is 9.88 Å². The van der Waals surface area contributed by atoms with Gasteiger partial charge in [0.05, 0.1) is 4.87 Å². The maximum absolute atomic E-state index is 12.8. The van der Waals surface area contributed by atoms with Gasteiger partial charge in [0, 0.05) is 25.4 Å². The van der Waals surface area contributed by atoms with Crippen LogP contribution in [0.2, 0.25) is 0 Å². The van der Waals surface area contributed by atoms with Gasteiger partial charge in [-0.15, -0.1) is 11.8 Å². The van der Waals surface area contributed by atoms with E-state index in [1.165, 1.54) is 33.5 Å². The number of nitrogens with one attached hydrogen (secondary N) is 1. The third-order valence-electron chi connectivity index (χ3n) is 4.35. The second kappa shape index (κ2) is 5.69. The monoisotopic (exact) mass is 307 g/mol. The van der Waals surface area contributed by atoms with Crippen LogP contribution in [0.5, 0.6) is 0 Å². The van der Waals surface area contributed by atoms with E-state index in [0.29, 0.717) is 0 Å². The molecule has 1 aliphatic heterocycles. The smallest absolute Gasteiger partial charge is 0.311 e. The van der Waals surface area contributed by atoms with E-state index >= 15 is 0 Å². The summed E-state index contributed by atoms with van der Waals surface area (Å²) in [6.45, 7) is 4.27. The Kier molecular flexibility index (Phi) is 4.74. The molecule has 0 unspecified atom stereocenters. The highest BCUT2D eigenvalue weighted by Gasteiger charge is 2.53. The summed E-state index contributed by atoms with van der Waals surface area (Å²) in [5.74, 6) is 0.760. The highest BCUT2D eigenvalue weighted by atomic mass is 32.2. The number of hydrogen-bond acceptors (Lipinski definition) is 5. The molecule has 1 aliphatic carbocycles. The molecule has 2 fully saturated rings. The molecule has 1 heterocycles. The average Bonchev–Trinajstić information content (AvgIpc) is 2.42. The Morgan fingerprint density at radius 2 is 1.74 bits per heavy atom. The maximum Gasteiger partial charge on any atom is 0.347 e. The molecule has 0 aromatic carbocycles. The van der Waals surface area contributed by atoms with Crippen LogP contribution in [0.15, 0.2) is 0 Å². The molecule has 0 radical (unpaired) electrons. The van der Waals surface area contributed by atoms with Crippen molar-refractivity contribution in [3.8, 4) is 0 Å². The summed E-state index contributed by atoms with van der Waals surface area (Å²) in [6, 6.07) is 0. The van der Waals surface area contributed by atoms with Gasteiger partial charge in [-0.1, -0.05) is 33.1 Å². The van der Waals surface area contributed by atoms with E-state index in [9.17, 15) is 4.57 Å². The molecule has 6 heteroatoms. The molecule has 112 valence electrons. The normalized spacial score (nSPS) is 30.4. The molecule has 0 aromatic heterocycles. The van der Waals surface area contributed by atoms with E-state index in [2.05, 4.69) is 19.2 Å². The molecular weight excluding hydrogens is 281 g/mol. The Morgan fingerprint density at radius 1 is 1.16 bits per heavy atom. The molecule has 0 amide bonds. The standard InChI is InChI=1S/C13H26NO3PS/c1-12(2)10-19-13(8-6-5-7-9-13)14-11(12)18(15,16-3)17-4/h11,14H,5-10H2,1-4H3/t11-/m1/s1. The van der Waals surface area contributed by atoms with Crippen LogP contribution in [0.25, 0.3) is 0 Å². The topological polar surface area (TPSA) is 47.6 Å². The lowest BCUT2D eigenvalue weighted by atomic mass is 9.90. The Morgan fingerprint density at radius 3 is 2.26 bits per heavy atom. The molecule has 0 bridgehead atoms. The van der Waals surface area contributed by atoms with Gasteiger partial charge in [0.2, 0.25) is 0 Å². The third-order valence-corrected chi connectivity index (χ3v) is 8.79. The van der Waals surface area contributed by atoms with Crippen molar-refractivity contribution in [3.63, 3.8) is 0 Å². The van der Waals surface area contributed by atoms with Crippen LogP contribution >= 0.6 is 19.4 Å². The molecular formula is C13H26NO3PS. The molecule has 4 nitrogen and oxygen atoms in total. The van der Waals surface area contributed by atoms with Gasteiger partial charge in [-0.2, -0.15) is 0 Å². The molecule has 1 atom stereocenters. The van der Waals surface area contributed by atoms with Crippen LogP contribution in [0.1, 0.15) is 46.0 Å². The molecule has 19 heavy (non-hydrogen) atoms. The van der Waals surface area contributed by atoms with Gasteiger partial charge in [0.1, 0.15) is 5.78 Å². The van der Waals surface area contributed by atoms with E-state index in [-0.39, 0.29) is 16.1 Å². The average molecular weight is 307 g/mol. The van der Waals surface area contributed by atoms with Crippen LogP contribution in [0.4, 0.5) is 0 Å². The summed E-state index contributed by atoms with van der Waals surface area (Å²) in [4.78, 5) is 0.0746. The Balaban J connectivity index is 2.25. The lowest BCUT2D eigenvalue weighted by molar-refractivity contribution is 0.186. The molecule has 1 saturated carbocycles. The highest BCUT2D eigenvalue weighted by molar-refractivity contribution is 8.00. The summed E-state index contributed by atoms with van der Waals surface area (Å²) in [7, 11) is -0.128. The maximum atomic E-state index is 12.8. The van der Waals surface area contributed by atoms with Crippen LogP contribution < -0.4 is 5.32 Å². The van der Waals surface area contributed by atoms with Gasteiger partial charge >= 0.3 is 7.60 Å². The molecule has 2 aliphatic rings. The van der Waals surface area contributed by atoms with E-state index in [1.807, 2.05) is 11.8 Å². The summed E-state index contributed by atoms with van der Waals surface area (Å²) in [5, 5.41) is 3.65. The van der Waals surface area contributed by atoms with Crippen molar-refractivity contribution >= 4 is 19.4 Å². The summed E-state index contributed by atoms with van der Waals surface area (Å²) < 4.78 is 23.3. The molecule has 1 spiro atoms. The van der Waals surface area contributed by atoms with Crippen LogP contribution in [-0.2, 0) is 13.6 Å². The number of thioether (sulfide) groups is 1. The van der Waals surface area contributed by atoms with Crippen LogP contribution in [0, 0.1) is 5.41 Å². The Labute approximate surface area is 120 Å². The van der Waals surface area contributed by atoms with Crippen molar-refractivity contribution in [2.24, 2.45) is 5.41 Å². The van der Waals surface area contributed by atoms with Crippen molar-refractivity contribution in [1.82, 2.24) is 5.32 Å². The lowest BCUT2D eigenvalue weighted by Gasteiger charge is -2.51. The predicted octanol–water partition coefficient (Wildman–Crippen LogP) is 3.82. The van der Waals surface area contributed by atoms with Gasteiger partial charge in [-0.25, -0.2) is 0 Å². The minimum atomic E-state index is -3.10. The minimum Gasteiger partial charge on any atom is -0.311 e. The minimum absolute atomic E-state index is 0.0746. The SMILES string of the molecule is COP(=O)(OC)[C@H]1NC2(CCCCC2)SCC1(C)C. The zero-order valence-corrected chi connectivity index (χ0v) is 14.1. The summed E-state index contributed by atoms with van der Waals surface area (Å²) in [6.07, 6.45) is 6.11. The molecule has 2 rings (SSSR count). The van der Waals surface area contributed by atoms with Crippen molar-refractivity contribution in [2.45, 2.75) is 56.6 Å². The Bertz CT molecular complexity index is 361. The van der Waals surface area contributed by atoms with E-state index in [4.69, 9.17) is 9.05 Å². The third kappa shape index (κ3) is 3.06. The van der Waals surface area contributed by atoms with Crippen molar-refractivity contribution in [2.75, 3.05) is 20.0 Å². The van der Waals surface area contributed by atoms with Crippen molar-refractivity contribution < 1.29 is 13.6 Å². The van der Waals surface area contributed by atoms with Gasteiger partial charge in [0.15, 0.2) is 0 Å². The molecule has 0 aromatic rings. The first-order valence-corrected chi connectivity index (χ1v) is 9.60. The van der Waals surface area contributed by atoms with Gasteiger partial charge < -0.3 is 9.05 Å². The molecule has 1 N–H and O–H groups in total. The largest absolute Gasteiger partial charge is 0.347 e. The summed E-state index contributed by atoms with van der Waals surface area (Å²) >= 11 is 1.99. The van der Waals surface area contributed by atoms with Crippen LogP contribution in [0.3, 0.4) is 0 Å². The van der Waals surface area contributed by atoms with Gasteiger partial charge in [-0.05, 0) is 12.8 Å². The predicted molar refractivity (Wildman–Crippen MR) is 80.6 cm³/mol. The van der Waals surface area contributed by atoms with E-state index < -0.39 is 7.60 Å². The summed E-state index contributed by atoms with van der Waals surface area (Å²) in [5.41, 5.74) is -0.102. The number of hydrogen-bond donors (Lipinski definition) is 1. The van der Waals surface area contributed by atoms with Crippen molar-refractivity contribution in [3.05, 3.63) is 0 Å². The first-order chi connectivity index (χ1) is 8.87. The fraction of sp³-hybridized carbons (Fsp3) is 1.00. The Hall–Kier alpha value is 0.460. The van der Waals surface area contributed by atoms with Crippen LogP contribution in [-0.4, -0.2) is 30.6 Å². The first-order valence-electron chi connectivity index (χ1n) is 7.00. The second-order valence-electron chi connectivity index (χ2n) is 6.28. The zero-order chi connectivity index (χ0) is 14.1. The van der Waals surface area contributed by atoms with Gasteiger partial charge in [0.25, 0.3) is 0 Å². The highest BCUT2D eigenvalue weighted by Crippen LogP contribution is 2.61. The number of rotatable bonds is 3. The second-order valence-corrected chi connectivity index (χ2v) is 9.97. The quantitative estimate of drug-likeness (QED) is 0.803. The first kappa shape index (κ1) is 15.8. The lowest BCUT2D eigenvalue weighted by Crippen LogP contribution is -2.59.